The van der Waals surface area contributed by atoms with Gasteiger partial charge in [-0.25, -0.2) is 0 Å². The average molecular weight is 281 g/mol. The maximum absolute atomic E-state index is 5.31. The second-order valence-electron chi connectivity index (χ2n) is 4.36. The van der Waals surface area contributed by atoms with Crippen molar-refractivity contribution in [3.8, 4) is 0 Å². The van der Waals surface area contributed by atoms with Crippen LogP contribution < -0.4 is 10.6 Å². The highest BCUT2D eigenvalue weighted by Gasteiger charge is 1.96. The highest BCUT2D eigenvalue weighted by molar-refractivity contribution is 5.79. The average Bonchev–Trinajstić information content (AvgIpc) is 2.96. The number of aryl methyl sites for hydroxylation is 1. The van der Waals surface area contributed by atoms with E-state index >= 15 is 0 Å². The van der Waals surface area contributed by atoms with Gasteiger partial charge in [0.25, 0.3) is 0 Å². The molecule has 0 bridgehead atoms. The molecule has 0 spiro atoms. The second kappa shape index (κ2) is 11.3. The third kappa shape index (κ3) is 7.78. The van der Waals surface area contributed by atoms with Crippen LogP contribution in [-0.4, -0.2) is 48.6 Å². The first-order valence-corrected chi connectivity index (χ1v) is 7.44. The van der Waals surface area contributed by atoms with E-state index in [0.717, 1.165) is 58.2 Å². The van der Waals surface area contributed by atoms with Crippen LogP contribution in [0.4, 0.5) is 0 Å². The zero-order valence-corrected chi connectivity index (χ0v) is 12.6. The number of nitrogens with one attached hydrogen (secondary N) is 2. The molecule has 0 aliphatic heterocycles. The Labute approximate surface area is 121 Å². The molecule has 0 aromatic carbocycles. The summed E-state index contributed by atoms with van der Waals surface area (Å²) < 4.78 is 7.23. The van der Waals surface area contributed by atoms with Crippen LogP contribution >= 0.6 is 0 Å². The number of hydrogen-bond acceptors (Lipinski definition) is 3. The summed E-state index contributed by atoms with van der Waals surface area (Å²) in [6.07, 6.45) is 5.75. The van der Waals surface area contributed by atoms with E-state index in [1.807, 2.05) is 23.9 Å². The van der Waals surface area contributed by atoms with Crippen molar-refractivity contribution in [2.45, 2.75) is 33.2 Å². The summed E-state index contributed by atoms with van der Waals surface area (Å²) in [4.78, 5) is 4.54. The lowest BCUT2D eigenvalue weighted by molar-refractivity contribution is 0.145. The van der Waals surface area contributed by atoms with E-state index in [0.29, 0.717) is 0 Å². The molecule has 6 heteroatoms. The van der Waals surface area contributed by atoms with Crippen molar-refractivity contribution in [2.75, 3.05) is 32.8 Å². The Morgan fingerprint density at radius 2 is 2.20 bits per heavy atom. The Balaban J connectivity index is 2.16. The van der Waals surface area contributed by atoms with Crippen LogP contribution in [0.2, 0.25) is 0 Å². The van der Waals surface area contributed by atoms with Gasteiger partial charge in [-0.3, -0.25) is 9.67 Å². The van der Waals surface area contributed by atoms with Crippen LogP contribution in [0.15, 0.2) is 23.5 Å². The third-order valence-electron chi connectivity index (χ3n) is 2.68. The molecule has 114 valence electrons. The predicted octanol–water partition coefficient (Wildman–Crippen LogP) is 1.25. The maximum atomic E-state index is 5.31. The minimum Gasteiger partial charge on any atom is -0.382 e. The van der Waals surface area contributed by atoms with Crippen LogP contribution in [0.25, 0.3) is 0 Å². The molecule has 20 heavy (non-hydrogen) atoms. The number of rotatable bonds is 10. The standard InChI is InChI=1S/C14H27N5O/c1-3-15-14(17-9-7-13-20-4-2)16-8-5-11-19-12-6-10-18-19/h6,10,12H,3-5,7-9,11,13H2,1-2H3,(H2,15,16,17). The van der Waals surface area contributed by atoms with Crippen molar-refractivity contribution >= 4 is 5.96 Å². The molecule has 0 saturated carbocycles. The first-order chi connectivity index (χ1) is 9.86. The summed E-state index contributed by atoms with van der Waals surface area (Å²) in [5, 5.41) is 10.7. The minimum absolute atomic E-state index is 0.779. The van der Waals surface area contributed by atoms with Crippen LogP contribution in [0.1, 0.15) is 26.7 Å². The van der Waals surface area contributed by atoms with Crippen LogP contribution in [0.3, 0.4) is 0 Å². The van der Waals surface area contributed by atoms with Crippen molar-refractivity contribution in [2.24, 2.45) is 4.99 Å². The van der Waals surface area contributed by atoms with Crippen LogP contribution in [-0.2, 0) is 11.3 Å². The van der Waals surface area contributed by atoms with E-state index in [9.17, 15) is 0 Å². The Morgan fingerprint density at radius 3 is 2.90 bits per heavy atom. The summed E-state index contributed by atoms with van der Waals surface area (Å²) in [6.45, 7) is 9.10. The molecular formula is C14H27N5O. The van der Waals surface area contributed by atoms with Crippen molar-refractivity contribution < 1.29 is 4.74 Å². The Bertz CT molecular complexity index is 350. The van der Waals surface area contributed by atoms with Gasteiger partial charge in [-0.1, -0.05) is 0 Å². The van der Waals surface area contributed by atoms with E-state index < -0.39 is 0 Å². The van der Waals surface area contributed by atoms with Crippen molar-refractivity contribution in [3.05, 3.63) is 18.5 Å². The maximum Gasteiger partial charge on any atom is 0.191 e. The van der Waals surface area contributed by atoms with Gasteiger partial charge in [-0.2, -0.15) is 5.10 Å². The molecule has 1 aromatic rings. The fourth-order valence-electron chi connectivity index (χ4n) is 1.72. The molecule has 0 fully saturated rings. The number of hydrogen-bond donors (Lipinski definition) is 2. The number of nitrogens with zero attached hydrogens (tertiary/aromatic N) is 3. The molecule has 0 saturated heterocycles. The predicted molar refractivity (Wildman–Crippen MR) is 81.9 cm³/mol. The molecule has 0 aliphatic carbocycles. The highest BCUT2D eigenvalue weighted by Crippen LogP contribution is 1.90. The molecular weight excluding hydrogens is 254 g/mol. The summed E-state index contributed by atoms with van der Waals surface area (Å²) in [5.74, 6) is 0.879. The van der Waals surface area contributed by atoms with Gasteiger partial charge in [0.15, 0.2) is 5.96 Å². The van der Waals surface area contributed by atoms with Gasteiger partial charge in [0.05, 0.1) is 0 Å². The summed E-state index contributed by atoms with van der Waals surface area (Å²) in [5.41, 5.74) is 0. The van der Waals surface area contributed by atoms with Crippen molar-refractivity contribution in [1.29, 1.82) is 0 Å². The van der Waals surface area contributed by atoms with E-state index in [2.05, 4.69) is 27.6 Å². The first kappa shape index (κ1) is 16.5. The Hall–Kier alpha value is -1.56. The van der Waals surface area contributed by atoms with Gasteiger partial charge in [0.2, 0.25) is 0 Å². The Morgan fingerprint density at radius 1 is 1.30 bits per heavy atom. The smallest absolute Gasteiger partial charge is 0.191 e. The second-order valence-corrected chi connectivity index (χ2v) is 4.36. The lowest BCUT2D eigenvalue weighted by atomic mass is 10.4. The lowest BCUT2D eigenvalue weighted by Gasteiger charge is -2.11. The summed E-state index contributed by atoms with van der Waals surface area (Å²) in [7, 11) is 0. The SMILES string of the molecule is CCNC(=NCCCn1cccn1)NCCCOCC. The van der Waals surface area contributed by atoms with E-state index in [1.54, 1.807) is 6.20 Å². The highest BCUT2D eigenvalue weighted by atomic mass is 16.5. The van der Waals surface area contributed by atoms with E-state index in [1.165, 1.54) is 0 Å². The van der Waals surface area contributed by atoms with Gasteiger partial charge in [-0.15, -0.1) is 0 Å². The van der Waals surface area contributed by atoms with Gasteiger partial charge in [-0.05, 0) is 32.8 Å². The Kier molecular flexibility index (Phi) is 9.30. The zero-order valence-electron chi connectivity index (χ0n) is 12.6. The molecule has 0 amide bonds. The van der Waals surface area contributed by atoms with Crippen molar-refractivity contribution in [1.82, 2.24) is 20.4 Å². The molecule has 6 nitrogen and oxygen atoms in total. The summed E-state index contributed by atoms with van der Waals surface area (Å²) >= 11 is 0. The van der Waals surface area contributed by atoms with Crippen LogP contribution in [0.5, 0.6) is 0 Å². The number of guanidine groups is 1. The van der Waals surface area contributed by atoms with Gasteiger partial charge < -0.3 is 15.4 Å². The quantitative estimate of drug-likeness (QED) is 0.385. The first-order valence-electron chi connectivity index (χ1n) is 7.44. The van der Waals surface area contributed by atoms with Gasteiger partial charge >= 0.3 is 0 Å². The monoisotopic (exact) mass is 281 g/mol. The molecule has 2 N–H and O–H groups in total. The molecule has 1 aromatic heterocycles. The van der Waals surface area contributed by atoms with E-state index in [-0.39, 0.29) is 0 Å². The van der Waals surface area contributed by atoms with Gasteiger partial charge in [0.1, 0.15) is 0 Å². The normalized spacial score (nSPS) is 11.6. The summed E-state index contributed by atoms with van der Waals surface area (Å²) in [6, 6.07) is 1.94. The number of aliphatic imine (C=N–C) groups is 1. The molecule has 0 unspecified atom stereocenters. The molecule has 1 heterocycles. The molecule has 0 atom stereocenters. The molecule has 0 aliphatic rings. The molecule has 0 radical (unpaired) electrons. The number of aromatic nitrogens is 2. The third-order valence-corrected chi connectivity index (χ3v) is 2.68. The zero-order chi connectivity index (χ0) is 14.5. The number of ether oxygens (including phenoxy) is 1. The minimum atomic E-state index is 0.779. The molecule has 1 rings (SSSR count). The topological polar surface area (TPSA) is 63.5 Å². The van der Waals surface area contributed by atoms with Gasteiger partial charge in [0, 0.05) is 51.8 Å². The fourth-order valence-corrected chi connectivity index (χ4v) is 1.72. The lowest BCUT2D eigenvalue weighted by Crippen LogP contribution is -2.38. The largest absolute Gasteiger partial charge is 0.382 e. The fraction of sp³-hybridized carbons (Fsp3) is 0.714. The van der Waals surface area contributed by atoms with Crippen LogP contribution in [0, 0.1) is 0 Å². The van der Waals surface area contributed by atoms with E-state index in [4.69, 9.17) is 4.74 Å². The van der Waals surface area contributed by atoms with Crippen molar-refractivity contribution in [3.63, 3.8) is 0 Å².